The van der Waals surface area contributed by atoms with Crippen LogP contribution >= 0.6 is 0 Å². The maximum absolute atomic E-state index is 12.1. The summed E-state index contributed by atoms with van der Waals surface area (Å²) in [5, 5.41) is 10.5. The number of carbonyl (C=O) groups excluding carboxylic acids is 1. The highest BCUT2D eigenvalue weighted by Gasteiger charge is 2.15. The summed E-state index contributed by atoms with van der Waals surface area (Å²) < 4.78 is 0. The van der Waals surface area contributed by atoms with Crippen LogP contribution in [-0.4, -0.2) is 47.7 Å². The SMILES string of the molecule is CC(CNC(=O)c1n[nH]c2ccc(N)cc12)N(C)C. The molecule has 2 aromatic rings. The second kappa shape index (κ2) is 5.27. The molecule has 102 valence electrons. The number of amides is 1. The average molecular weight is 261 g/mol. The van der Waals surface area contributed by atoms with Crippen molar-refractivity contribution in [1.82, 2.24) is 20.4 Å². The van der Waals surface area contributed by atoms with Gasteiger partial charge in [0, 0.05) is 23.7 Å². The second-order valence-electron chi connectivity index (χ2n) is 4.90. The lowest BCUT2D eigenvalue weighted by atomic mass is 10.2. The van der Waals surface area contributed by atoms with E-state index in [0.29, 0.717) is 17.9 Å². The zero-order valence-corrected chi connectivity index (χ0v) is 11.4. The van der Waals surface area contributed by atoms with Gasteiger partial charge in [-0.3, -0.25) is 9.89 Å². The van der Waals surface area contributed by atoms with Crippen LogP contribution in [0.25, 0.3) is 10.9 Å². The topological polar surface area (TPSA) is 87.0 Å². The molecular formula is C13H19N5O. The second-order valence-corrected chi connectivity index (χ2v) is 4.90. The van der Waals surface area contributed by atoms with Gasteiger partial charge in [0.1, 0.15) is 0 Å². The molecule has 2 rings (SSSR count). The summed E-state index contributed by atoms with van der Waals surface area (Å²) in [5.41, 5.74) is 7.54. The van der Waals surface area contributed by atoms with Crippen LogP contribution in [0.15, 0.2) is 18.2 Å². The van der Waals surface area contributed by atoms with Gasteiger partial charge in [0.05, 0.1) is 5.52 Å². The first-order chi connectivity index (χ1) is 8.99. The molecule has 0 saturated heterocycles. The highest BCUT2D eigenvalue weighted by atomic mass is 16.1. The molecule has 0 fully saturated rings. The van der Waals surface area contributed by atoms with Crippen molar-refractivity contribution >= 4 is 22.5 Å². The third-order valence-corrected chi connectivity index (χ3v) is 3.24. The number of aromatic nitrogens is 2. The summed E-state index contributed by atoms with van der Waals surface area (Å²) >= 11 is 0. The highest BCUT2D eigenvalue weighted by molar-refractivity contribution is 6.05. The monoisotopic (exact) mass is 261 g/mol. The third kappa shape index (κ3) is 2.85. The molecule has 0 radical (unpaired) electrons. The van der Waals surface area contributed by atoms with E-state index >= 15 is 0 Å². The van der Waals surface area contributed by atoms with Crippen molar-refractivity contribution in [3.05, 3.63) is 23.9 Å². The van der Waals surface area contributed by atoms with Crippen LogP contribution in [0.4, 0.5) is 5.69 Å². The van der Waals surface area contributed by atoms with E-state index in [9.17, 15) is 4.79 Å². The van der Waals surface area contributed by atoms with Crippen LogP contribution in [0.3, 0.4) is 0 Å². The number of hydrogen-bond donors (Lipinski definition) is 3. The van der Waals surface area contributed by atoms with Gasteiger partial charge in [-0.1, -0.05) is 0 Å². The molecule has 6 nitrogen and oxygen atoms in total. The molecule has 0 bridgehead atoms. The standard InChI is InChI=1S/C13H19N5O/c1-8(18(2)3)7-15-13(19)12-10-6-9(14)4-5-11(10)16-17-12/h4-6,8H,7,14H2,1-3H3,(H,15,19)(H,16,17). The molecule has 1 amide bonds. The molecular weight excluding hydrogens is 242 g/mol. The molecule has 4 N–H and O–H groups in total. The number of nitrogens with one attached hydrogen (secondary N) is 2. The molecule has 6 heteroatoms. The summed E-state index contributed by atoms with van der Waals surface area (Å²) in [6, 6.07) is 5.61. The fourth-order valence-corrected chi connectivity index (χ4v) is 1.71. The average Bonchev–Trinajstić information content (AvgIpc) is 2.78. The maximum atomic E-state index is 12.1. The van der Waals surface area contributed by atoms with Crippen molar-refractivity contribution < 1.29 is 4.79 Å². The summed E-state index contributed by atoms with van der Waals surface area (Å²) in [6.45, 7) is 2.61. The number of nitrogen functional groups attached to an aromatic ring is 1. The molecule has 1 unspecified atom stereocenters. The Morgan fingerprint density at radius 3 is 2.95 bits per heavy atom. The number of H-pyrrole nitrogens is 1. The van der Waals surface area contributed by atoms with Crippen molar-refractivity contribution in [2.75, 3.05) is 26.4 Å². The van der Waals surface area contributed by atoms with E-state index in [1.54, 1.807) is 12.1 Å². The highest BCUT2D eigenvalue weighted by Crippen LogP contribution is 2.18. The lowest BCUT2D eigenvalue weighted by molar-refractivity contribution is 0.0940. The number of aromatic amines is 1. The molecule has 1 aromatic carbocycles. The summed E-state index contributed by atoms with van der Waals surface area (Å²) in [7, 11) is 3.95. The van der Waals surface area contributed by atoms with Gasteiger partial charge in [-0.05, 0) is 39.2 Å². The van der Waals surface area contributed by atoms with Crippen LogP contribution in [0.2, 0.25) is 0 Å². The molecule has 0 spiro atoms. The summed E-state index contributed by atoms with van der Waals surface area (Å²) in [5.74, 6) is -0.189. The Kier molecular flexibility index (Phi) is 3.71. The number of likely N-dealkylation sites (N-methyl/N-ethyl adjacent to an activating group) is 1. The zero-order chi connectivity index (χ0) is 14.0. The van der Waals surface area contributed by atoms with E-state index in [0.717, 1.165) is 10.9 Å². The minimum atomic E-state index is -0.189. The van der Waals surface area contributed by atoms with Gasteiger partial charge in [-0.2, -0.15) is 5.10 Å². The lowest BCUT2D eigenvalue weighted by Gasteiger charge is -2.19. The number of nitrogens with two attached hydrogens (primary N) is 1. The Morgan fingerprint density at radius 1 is 1.53 bits per heavy atom. The zero-order valence-electron chi connectivity index (χ0n) is 11.4. The number of nitrogens with zero attached hydrogens (tertiary/aromatic N) is 2. The number of fused-ring (bicyclic) bond motifs is 1. The van der Waals surface area contributed by atoms with Crippen LogP contribution in [0, 0.1) is 0 Å². The molecule has 0 saturated carbocycles. The predicted molar refractivity (Wildman–Crippen MR) is 76.0 cm³/mol. The van der Waals surface area contributed by atoms with E-state index in [-0.39, 0.29) is 11.9 Å². The first-order valence-corrected chi connectivity index (χ1v) is 6.17. The molecule has 0 aliphatic rings. The molecule has 1 heterocycles. The smallest absolute Gasteiger partial charge is 0.272 e. The van der Waals surface area contributed by atoms with Crippen molar-refractivity contribution in [3.8, 4) is 0 Å². The fraction of sp³-hybridized carbons (Fsp3) is 0.385. The molecule has 0 aliphatic heterocycles. The Hall–Kier alpha value is -2.08. The minimum Gasteiger partial charge on any atom is -0.399 e. The van der Waals surface area contributed by atoms with Crippen molar-refractivity contribution in [3.63, 3.8) is 0 Å². The van der Waals surface area contributed by atoms with E-state index in [1.807, 2.05) is 32.0 Å². The van der Waals surface area contributed by atoms with Gasteiger partial charge < -0.3 is 16.0 Å². The van der Waals surface area contributed by atoms with Gasteiger partial charge >= 0.3 is 0 Å². The fourth-order valence-electron chi connectivity index (χ4n) is 1.71. The largest absolute Gasteiger partial charge is 0.399 e. The number of rotatable bonds is 4. The van der Waals surface area contributed by atoms with E-state index in [4.69, 9.17) is 5.73 Å². The lowest BCUT2D eigenvalue weighted by Crippen LogP contribution is -2.38. The van der Waals surface area contributed by atoms with Crippen LogP contribution < -0.4 is 11.1 Å². The van der Waals surface area contributed by atoms with E-state index < -0.39 is 0 Å². The van der Waals surface area contributed by atoms with E-state index in [1.165, 1.54) is 0 Å². The Morgan fingerprint density at radius 2 is 2.26 bits per heavy atom. The third-order valence-electron chi connectivity index (χ3n) is 3.24. The Balaban J connectivity index is 2.15. The van der Waals surface area contributed by atoms with Crippen LogP contribution in [0.5, 0.6) is 0 Å². The molecule has 1 atom stereocenters. The predicted octanol–water partition coefficient (Wildman–Crippen LogP) is 0.825. The number of carbonyl (C=O) groups is 1. The first-order valence-electron chi connectivity index (χ1n) is 6.17. The van der Waals surface area contributed by atoms with Gasteiger partial charge in [0.2, 0.25) is 0 Å². The molecule has 0 aliphatic carbocycles. The van der Waals surface area contributed by atoms with Crippen molar-refractivity contribution in [2.45, 2.75) is 13.0 Å². The normalized spacial score (nSPS) is 12.8. The molecule has 19 heavy (non-hydrogen) atoms. The molecule has 1 aromatic heterocycles. The maximum Gasteiger partial charge on any atom is 0.272 e. The summed E-state index contributed by atoms with van der Waals surface area (Å²) in [6.07, 6.45) is 0. The van der Waals surface area contributed by atoms with Gasteiger partial charge in [-0.15, -0.1) is 0 Å². The van der Waals surface area contributed by atoms with E-state index in [2.05, 4.69) is 15.5 Å². The quantitative estimate of drug-likeness (QED) is 0.711. The van der Waals surface area contributed by atoms with Crippen molar-refractivity contribution in [2.24, 2.45) is 0 Å². The van der Waals surface area contributed by atoms with Crippen LogP contribution in [0.1, 0.15) is 17.4 Å². The number of hydrogen-bond acceptors (Lipinski definition) is 4. The van der Waals surface area contributed by atoms with Crippen LogP contribution in [-0.2, 0) is 0 Å². The number of anilines is 1. The number of benzene rings is 1. The van der Waals surface area contributed by atoms with Crippen molar-refractivity contribution in [1.29, 1.82) is 0 Å². The van der Waals surface area contributed by atoms with Gasteiger partial charge in [0.25, 0.3) is 5.91 Å². The van der Waals surface area contributed by atoms with Gasteiger partial charge in [0.15, 0.2) is 5.69 Å². The Labute approximate surface area is 112 Å². The Bertz CT molecular complexity index is 590. The first kappa shape index (κ1) is 13.4. The summed E-state index contributed by atoms with van der Waals surface area (Å²) in [4.78, 5) is 14.1. The van der Waals surface area contributed by atoms with Gasteiger partial charge in [-0.25, -0.2) is 0 Å². The minimum absolute atomic E-state index is 0.189.